The van der Waals surface area contributed by atoms with Crippen molar-refractivity contribution in [2.45, 2.75) is 39.2 Å². The summed E-state index contributed by atoms with van der Waals surface area (Å²) in [7, 11) is 1.68. The van der Waals surface area contributed by atoms with Crippen molar-refractivity contribution in [3.63, 3.8) is 0 Å². The van der Waals surface area contributed by atoms with Gasteiger partial charge in [-0.25, -0.2) is 0 Å². The average molecular weight is 262 g/mol. The van der Waals surface area contributed by atoms with E-state index in [1.807, 2.05) is 0 Å². The molecule has 1 amide bonds. The topological polar surface area (TPSA) is 51.1 Å². The second-order valence-corrected chi connectivity index (χ2v) is 5.55. The molecule has 19 heavy (non-hydrogen) atoms. The van der Waals surface area contributed by atoms with E-state index in [1.54, 1.807) is 19.3 Å². The summed E-state index contributed by atoms with van der Waals surface area (Å²) in [5, 5.41) is 3.07. The molecule has 0 saturated heterocycles. The smallest absolute Gasteiger partial charge is 0.251 e. The molecule has 1 aromatic heterocycles. The van der Waals surface area contributed by atoms with Crippen LogP contribution in [0.15, 0.2) is 23.1 Å². The van der Waals surface area contributed by atoms with Crippen molar-refractivity contribution in [3.05, 3.63) is 34.2 Å². The highest BCUT2D eigenvalue weighted by Crippen LogP contribution is 2.33. The standard InChI is InChI=1S/C15H22N2O2/c1-4-11-5-6-13(10(11)2)16-15(19)12-7-8-17(3)14(18)9-12/h7-11,13H,4-6H2,1-3H3,(H,16,19). The molecule has 0 radical (unpaired) electrons. The van der Waals surface area contributed by atoms with Gasteiger partial charge in [-0.3, -0.25) is 9.59 Å². The minimum atomic E-state index is -0.154. The molecule has 104 valence electrons. The predicted octanol–water partition coefficient (Wildman–Crippen LogP) is 1.94. The molecule has 0 bridgehead atoms. The van der Waals surface area contributed by atoms with Gasteiger partial charge in [0.15, 0.2) is 0 Å². The number of carbonyl (C=O) groups excluding carboxylic acids is 1. The van der Waals surface area contributed by atoms with Crippen molar-refractivity contribution in [1.82, 2.24) is 9.88 Å². The summed E-state index contributed by atoms with van der Waals surface area (Å²) in [4.78, 5) is 23.7. The van der Waals surface area contributed by atoms with Gasteiger partial charge in [0.05, 0.1) is 0 Å². The third-order valence-electron chi connectivity index (χ3n) is 4.43. The fourth-order valence-electron chi connectivity index (χ4n) is 2.97. The Balaban J connectivity index is 2.05. The number of hydrogen-bond donors (Lipinski definition) is 1. The second-order valence-electron chi connectivity index (χ2n) is 5.55. The molecule has 2 rings (SSSR count). The molecular weight excluding hydrogens is 240 g/mol. The van der Waals surface area contributed by atoms with Gasteiger partial charge < -0.3 is 9.88 Å². The number of hydrogen-bond acceptors (Lipinski definition) is 2. The first-order valence-electron chi connectivity index (χ1n) is 7.00. The molecule has 0 aliphatic heterocycles. The number of aromatic nitrogens is 1. The Morgan fingerprint density at radius 3 is 2.79 bits per heavy atom. The molecule has 4 heteroatoms. The first-order valence-corrected chi connectivity index (χ1v) is 7.00. The number of nitrogens with one attached hydrogen (secondary N) is 1. The summed E-state index contributed by atoms with van der Waals surface area (Å²) in [6.07, 6.45) is 5.01. The van der Waals surface area contributed by atoms with Crippen LogP contribution < -0.4 is 10.9 Å². The SMILES string of the molecule is CCC1CCC(NC(=O)c2ccn(C)c(=O)c2)C1C. The normalized spacial score (nSPS) is 26.4. The van der Waals surface area contributed by atoms with Gasteiger partial charge >= 0.3 is 0 Å². The third kappa shape index (κ3) is 2.88. The van der Waals surface area contributed by atoms with Crippen LogP contribution in [-0.2, 0) is 7.05 Å². The molecule has 1 fully saturated rings. The summed E-state index contributed by atoms with van der Waals surface area (Å²) in [5.74, 6) is 1.08. The van der Waals surface area contributed by atoms with Crippen LogP contribution in [0.2, 0.25) is 0 Å². The van der Waals surface area contributed by atoms with Crippen LogP contribution in [-0.4, -0.2) is 16.5 Å². The van der Waals surface area contributed by atoms with E-state index >= 15 is 0 Å². The molecule has 0 spiro atoms. The highest BCUT2D eigenvalue weighted by Gasteiger charge is 2.32. The van der Waals surface area contributed by atoms with Gasteiger partial charge in [-0.15, -0.1) is 0 Å². The van der Waals surface area contributed by atoms with Gasteiger partial charge in [0.1, 0.15) is 0 Å². The van der Waals surface area contributed by atoms with Crippen LogP contribution in [0.3, 0.4) is 0 Å². The number of aryl methyl sites for hydroxylation is 1. The van der Waals surface area contributed by atoms with Crippen molar-refractivity contribution in [2.24, 2.45) is 18.9 Å². The summed E-state index contributed by atoms with van der Waals surface area (Å²) in [5.41, 5.74) is 0.300. The molecule has 3 unspecified atom stereocenters. The monoisotopic (exact) mass is 262 g/mol. The molecule has 3 atom stereocenters. The number of carbonyl (C=O) groups is 1. The number of pyridine rings is 1. The fraction of sp³-hybridized carbons (Fsp3) is 0.600. The van der Waals surface area contributed by atoms with E-state index < -0.39 is 0 Å². The van der Waals surface area contributed by atoms with Crippen LogP contribution in [0, 0.1) is 11.8 Å². The first kappa shape index (κ1) is 13.8. The molecule has 4 nitrogen and oxygen atoms in total. The largest absolute Gasteiger partial charge is 0.349 e. The lowest BCUT2D eigenvalue weighted by molar-refractivity contribution is 0.0926. The van der Waals surface area contributed by atoms with Gasteiger partial charge in [0.2, 0.25) is 0 Å². The van der Waals surface area contributed by atoms with Gasteiger partial charge in [0.25, 0.3) is 11.5 Å². The van der Waals surface area contributed by atoms with Crippen LogP contribution >= 0.6 is 0 Å². The maximum Gasteiger partial charge on any atom is 0.251 e. The van der Waals surface area contributed by atoms with E-state index in [0.29, 0.717) is 17.4 Å². The van der Waals surface area contributed by atoms with Crippen molar-refractivity contribution < 1.29 is 4.79 Å². The quantitative estimate of drug-likeness (QED) is 0.905. The summed E-state index contributed by atoms with van der Waals surface area (Å²) >= 11 is 0. The minimum Gasteiger partial charge on any atom is -0.349 e. The Hall–Kier alpha value is -1.58. The van der Waals surface area contributed by atoms with E-state index in [1.165, 1.54) is 23.5 Å². The van der Waals surface area contributed by atoms with E-state index in [4.69, 9.17) is 0 Å². The minimum absolute atomic E-state index is 0.133. The molecule has 1 aliphatic carbocycles. The molecule has 1 aliphatic rings. The van der Waals surface area contributed by atoms with E-state index in [2.05, 4.69) is 19.2 Å². The molecule has 1 saturated carbocycles. The van der Waals surface area contributed by atoms with Crippen molar-refractivity contribution in [1.29, 1.82) is 0 Å². The molecular formula is C15H22N2O2. The lowest BCUT2D eigenvalue weighted by atomic mass is 9.93. The molecule has 0 aromatic carbocycles. The molecule has 1 heterocycles. The van der Waals surface area contributed by atoms with Gasteiger partial charge in [-0.1, -0.05) is 20.3 Å². The Morgan fingerprint density at radius 2 is 2.21 bits per heavy atom. The third-order valence-corrected chi connectivity index (χ3v) is 4.43. The molecule has 1 aromatic rings. The van der Waals surface area contributed by atoms with Crippen LogP contribution in [0.4, 0.5) is 0 Å². The van der Waals surface area contributed by atoms with Gasteiger partial charge in [-0.05, 0) is 30.7 Å². The second kappa shape index (κ2) is 5.59. The highest BCUT2D eigenvalue weighted by molar-refractivity contribution is 5.94. The lowest BCUT2D eigenvalue weighted by Crippen LogP contribution is -2.38. The van der Waals surface area contributed by atoms with Gasteiger partial charge in [0, 0.05) is 30.9 Å². The van der Waals surface area contributed by atoms with Crippen LogP contribution in [0.5, 0.6) is 0 Å². The van der Waals surface area contributed by atoms with E-state index in [9.17, 15) is 9.59 Å². The maximum atomic E-state index is 12.1. The zero-order valence-corrected chi connectivity index (χ0v) is 11.8. The van der Waals surface area contributed by atoms with E-state index in [-0.39, 0.29) is 17.5 Å². The van der Waals surface area contributed by atoms with Crippen molar-refractivity contribution in [3.8, 4) is 0 Å². The average Bonchev–Trinajstić information content (AvgIpc) is 2.73. The number of nitrogens with zero attached hydrogens (tertiary/aromatic N) is 1. The Labute approximate surface area is 113 Å². The van der Waals surface area contributed by atoms with Crippen molar-refractivity contribution >= 4 is 5.91 Å². The number of rotatable bonds is 3. The lowest BCUT2D eigenvalue weighted by Gasteiger charge is -2.21. The predicted molar refractivity (Wildman–Crippen MR) is 75.1 cm³/mol. The zero-order chi connectivity index (χ0) is 14.0. The highest BCUT2D eigenvalue weighted by atomic mass is 16.2. The first-order chi connectivity index (χ1) is 9.02. The van der Waals surface area contributed by atoms with Gasteiger partial charge in [-0.2, -0.15) is 0 Å². The summed E-state index contributed by atoms with van der Waals surface area (Å²) < 4.78 is 1.46. The summed E-state index contributed by atoms with van der Waals surface area (Å²) in [6.45, 7) is 4.41. The Morgan fingerprint density at radius 1 is 1.47 bits per heavy atom. The Kier molecular flexibility index (Phi) is 4.08. The zero-order valence-electron chi connectivity index (χ0n) is 11.8. The van der Waals surface area contributed by atoms with Crippen LogP contribution in [0.25, 0.3) is 0 Å². The Bertz CT molecular complexity index is 521. The fourth-order valence-corrected chi connectivity index (χ4v) is 2.97. The number of amides is 1. The molecule has 1 N–H and O–H groups in total. The maximum absolute atomic E-state index is 12.1. The van der Waals surface area contributed by atoms with Crippen molar-refractivity contribution in [2.75, 3.05) is 0 Å². The van der Waals surface area contributed by atoms with Crippen LogP contribution in [0.1, 0.15) is 43.5 Å². The van der Waals surface area contributed by atoms with E-state index in [0.717, 1.165) is 6.42 Å². The summed E-state index contributed by atoms with van der Waals surface area (Å²) in [6, 6.07) is 3.32.